The lowest BCUT2D eigenvalue weighted by molar-refractivity contribution is -0.155. The van der Waals surface area contributed by atoms with Crippen LogP contribution in [0.3, 0.4) is 0 Å². The number of amides is 2. The van der Waals surface area contributed by atoms with E-state index in [0.29, 0.717) is 0 Å². The molecule has 2 aromatic rings. The maximum atomic E-state index is 12.4. The quantitative estimate of drug-likeness (QED) is 0.302. The van der Waals surface area contributed by atoms with Gasteiger partial charge in [-0.05, 0) is 29.2 Å². The maximum Gasteiger partial charge on any atom is 0.408 e. The molecule has 0 bridgehead atoms. The van der Waals surface area contributed by atoms with E-state index >= 15 is 0 Å². The molecule has 0 fully saturated rings. The number of hydroxylamine groups is 1. The Bertz CT molecular complexity index is 977. The number of nitrogens with one attached hydrogen (secondary N) is 2. The molecule has 1 atom stereocenters. The van der Waals surface area contributed by atoms with E-state index in [1.54, 1.807) is 5.48 Å². The van der Waals surface area contributed by atoms with E-state index in [4.69, 9.17) is 14.6 Å². The number of hydrogen-bond donors (Lipinski definition) is 3. The molecule has 1 aliphatic carbocycles. The van der Waals surface area contributed by atoms with Crippen molar-refractivity contribution in [3.8, 4) is 11.1 Å². The Morgan fingerprint density at radius 3 is 2.12 bits per heavy atom. The number of hydrogen-bond acceptors (Lipinski definition) is 7. The summed E-state index contributed by atoms with van der Waals surface area (Å²) in [5.41, 5.74) is 5.90. The van der Waals surface area contributed by atoms with Crippen LogP contribution in [0, 0.1) is 0 Å². The smallest absolute Gasteiger partial charge is 0.408 e. The van der Waals surface area contributed by atoms with Gasteiger partial charge in [0.1, 0.15) is 6.61 Å². The molecule has 2 aromatic carbocycles. The van der Waals surface area contributed by atoms with Crippen molar-refractivity contribution in [1.82, 2.24) is 10.8 Å². The monoisotopic (exact) mass is 442 g/mol. The molecule has 0 heterocycles. The van der Waals surface area contributed by atoms with Crippen molar-refractivity contribution >= 4 is 23.9 Å². The minimum absolute atomic E-state index is 0.0213. The lowest BCUT2D eigenvalue weighted by atomic mass is 9.98. The van der Waals surface area contributed by atoms with Gasteiger partial charge in [0, 0.05) is 5.92 Å². The van der Waals surface area contributed by atoms with Gasteiger partial charge in [-0.3, -0.25) is 14.9 Å². The van der Waals surface area contributed by atoms with Crippen LogP contribution < -0.4 is 10.8 Å². The third-order valence-corrected chi connectivity index (χ3v) is 4.76. The van der Waals surface area contributed by atoms with Crippen LogP contribution in [-0.2, 0) is 28.7 Å². The summed E-state index contributed by atoms with van der Waals surface area (Å²) in [5.74, 6) is -3.68. The number of benzene rings is 2. The average Bonchev–Trinajstić information content (AvgIpc) is 3.09. The number of rotatable bonds is 9. The molecule has 1 unspecified atom stereocenters. The van der Waals surface area contributed by atoms with Crippen LogP contribution in [0.4, 0.5) is 4.79 Å². The molecular weight excluding hydrogens is 420 g/mol. The van der Waals surface area contributed by atoms with Crippen LogP contribution in [0.1, 0.15) is 24.0 Å². The van der Waals surface area contributed by atoms with E-state index in [0.717, 1.165) is 22.3 Å². The number of carboxylic acid groups (broad SMARTS) is 1. The summed E-state index contributed by atoms with van der Waals surface area (Å²) in [5, 5.41) is 10.7. The lowest BCUT2D eigenvalue weighted by Gasteiger charge is -2.18. The molecule has 0 saturated carbocycles. The molecule has 0 spiro atoms. The van der Waals surface area contributed by atoms with Crippen molar-refractivity contribution in [1.29, 1.82) is 0 Å². The third kappa shape index (κ3) is 5.22. The molecule has 32 heavy (non-hydrogen) atoms. The molecular formula is C22H22N2O8. The highest BCUT2D eigenvalue weighted by molar-refractivity contribution is 6.03. The van der Waals surface area contributed by atoms with E-state index in [9.17, 15) is 19.2 Å². The Morgan fingerprint density at radius 2 is 1.56 bits per heavy atom. The number of aliphatic carboxylic acids is 1. The predicted molar refractivity (Wildman–Crippen MR) is 110 cm³/mol. The zero-order chi connectivity index (χ0) is 23.1. The van der Waals surface area contributed by atoms with E-state index < -0.39 is 36.6 Å². The summed E-state index contributed by atoms with van der Waals surface area (Å²) < 4.78 is 10.1. The number of ether oxygens (including phenoxy) is 2. The molecule has 0 radical (unpaired) electrons. The first-order valence-electron chi connectivity index (χ1n) is 9.84. The molecule has 3 N–H and O–H groups in total. The fourth-order valence-electron chi connectivity index (χ4n) is 3.44. The molecule has 3 rings (SSSR count). The third-order valence-electron chi connectivity index (χ3n) is 4.76. The number of fused-ring (bicyclic) bond motifs is 3. The predicted octanol–water partition coefficient (Wildman–Crippen LogP) is 1.59. The maximum absolute atomic E-state index is 12.4. The minimum Gasteiger partial charge on any atom is -0.479 e. The Morgan fingerprint density at radius 1 is 0.969 bits per heavy atom. The van der Waals surface area contributed by atoms with Crippen LogP contribution >= 0.6 is 0 Å². The van der Waals surface area contributed by atoms with Crippen LogP contribution in [0.15, 0.2) is 48.5 Å². The molecule has 2 amide bonds. The van der Waals surface area contributed by atoms with Crippen LogP contribution in [-0.4, -0.2) is 54.9 Å². The normalized spacial score (nSPS) is 12.8. The standard InChI is InChI=1S/C22H22N2O8/c1-2-30-21(28)19(20(27)24-32-12-18(25)26)23-22(29)31-11-17-15-9-5-3-7-13(15)14-8-4-6-10-16(14)17/h3-10,17,19H,2,11-12H2,1H3,(H,23,29)(H,24,27)(H,25,26). The van der Waals surface area contributed by atoms with Gasteiger partial charge in [0.15, 0.2) is 6.61 Å². The Balaban J connectivity index is 1.65. The van der Waals surface area contributed by atoms with Gasteiger partial charge < -0.3 is 14.6 Å². The Labute approximate surface area is 183 Å². The summed E-state index contributed by atoms with van der Waals surface area (Å²) in [4.78, 5) is 51.6. The number of alkyl carbamates (subject to hydrolysis) is 1. The van der Waals surface area contributed by atoms with Gasteiger partial charge in [-0.15, -0.1) is 0 Å². The van der Waals surface area contributed by atoms with Crippen molar-refractivity contribution < 1.29 is 38.6 Å². The summed E-state index contributed by atoms with van der Waals surface area (Å²) >= 11 is 0. The first-order valence-corrected chi connectivity index (χ1v) is 9.84. The van der Waals surface area contributed by atoms with Crippen LogP contribution in [0.25, 0.3) is 11.1 Å². The molecule has 0 aromatic heterocycles. The molecule has 10 heteroatoms. The highest BCUT2D eigenvalue weighted by Crippen LogP contribution is 2.44. The Kier molecular flexibility index (Phi) is 7.40. The van der Waals surface area contributed by atoms with Crippen molar-refractivity contribution in [2.45, 2.75) is 18.9 Å². The fraction of sp³-hybridized carbons (Fsp3) is 0.273. The van der Waals surface area contributed by atoms with E-state index in [1.807, 2.05) is 48.5 Å². The summed E-state index contributed by atoms with van der Waals surface area (Å²) in [6.45, 7) is 0.644. The summed E-state index contributed by atoms with van der Waals surface area (Å²) in [6.07, 6.45) is -1.02. The highest BCUT2D eigenvalue weighted by Gasteiger charge is 2.33. The van der Waals surface area contributed by atoms with E-state index in [-0.39, 0.29) is 19.1 Å². The van der Waals surface area contributed by atoms with Crippen molar-refractivity contribution in [3.05, 3.63) is 59.7 Å². The SMILES string of the molecule is CCOC(=O)C(NC(=O)OCC1c2ccccc2-c2ccccc21)C(=O)NOCC(=O)O. The van der Waals surface area contributed by atoms with Crippen LogP contribution in [0.5, 0.6) is 0 Å². The summed E-state index contributed by atoms with van der Waals surface area (Å²) in [7, 11) is 0. The summed E-state index contributed by atoms with van der Waals surface area (Å²) in [6, 6.07) is 13.8. The molecule has 0 aliphatic heterocycles. The van der Waals surface area contributed by atoms with Gasteiger partial charge >= 0.3 is 18.0 Å². The molecule has 168 valence electrons. The number of esters is 1. The number of carbonyl (C=O) groups excluding carboxylic acids is 3. The topological polar surface area (TPSA) is 140 Å². The molecule has 0 saturated heterocycles. The van der Waals surface area contributed by atoms with E-state index in [1.165, 1.54) is 6.92 Å². The van der Waals surface area contributed by atoms with Gasteiger partial charge in [0.2, 0.25) is 6.04 Å². The second-order valence-corrected chi connectivity index (χ2v) is 6.80. The van der Waals surface area contributed by atoms with Gasteiger partial charge in [-0.2, -0.15) is 0 Å². The first kappa shape index (κ1) is 22.8. The zero-order valence-electron chi connectivity index (χ0n) is 17.2. The lowest BCUT2D eigenvalue weighted by Crippen LogP contribution is -2.52. The molecule has 1 aliphatic rings. The van der Waals surface area contributed by atoms with Gasteiger partial charge in [0.25, 0.3) is 5.91 Å². The number of carbonyl (C=O) groups is 4. The average molecular weight is 442 g/mol. The van der Waals surface area contributed by atoms with Gasteiger partial charge in [0.05, 0.1) is 6.61 Å². The minimum atomic E-state index is -1.78. The Hall–Kier alpha value is -3.92. The van der Waals surface area contributed by atoms with Crippen molar-refractivity contribution in [2.24, 2.45) is 0 Å². The zero-order valence-corrected chi connectivity index (χ0v) is 17.2. The number of carboxylic acids is 1. The van der Waals surface area contributed by atoms with Gasteiger partial charge in [-0.1, -0.05) is 48.5 Å². The largest absolute Gasteiger partial charge is 0.479 e. The van der Waals surface area contributed by atoms with Gasteiger partial charge in [-0.25, -0.2) is 19.9 Å². The van der Waals surface area contributed by atoms with E-state index in [2.05, 4.69) is 10.2 Å². The highest BCUT2D eigenvalue weighted by atomic mass is 16.7. The van der Waals surface area contributed by atoms with Crippen LogP contribution in [0.2, 0.25) is 0 Å². The molecule has 10 nitrogen and oxygen atoms in total. The second-order valence-electron chi connectivity index (χ2n) is 6.80. The second kappa shape index (κ2) is 10.4. The fourth-order valence-corrected chi connectivity index (χ4v) is 3.44. The van der Waals surface area contributed by atoms with Crippen molar-refractivity contribution in [3.63, 3.8) is 0 Å². The first-order chi connectivity index (χ1) is 15.4. The van der Waals surface area contributed by atoms with Crippen molar-refractivity contribution in [2.75, 3.05) is 19.8 Å².